The van der Waals surface area contributed by atoms with Crippen LogP contribution in [0.15, 0.2) is 24.3 Å². The number of likely N-dealkylation sites (tertiary alicyclic amines) is 1. The van der Waals surface area contributed by atoms with Gasteiger partial charge in [0.2, 0.25) is 0 Å². The number of nitrogens with zero attached hydrogens (tertiary/aromatic N) is 1. The summed E-state index contributed by atoms with van der Waals surface area (Å²) >= 11 is 0. The van der Waals surface area contributed by atoms with E-state index in [1.165, 1.54) is 0 Å². The number of nitrogens with one attached hydrogen (secondary N) is 1. The average molecular weight is 300 g/mol. The van der Waals surface area contributed by atoms with Crippen LogP contribution in [0.25, 0.3) is 0 Å². The summed E-state index contributed by atoms with van der Waals surface area (Å²) < 4.78 is 41.0. The van der Waals surface area contributed by atoms with Crippen molar-refractivity contribution in [2.75, 3.05) is 20.1 Å². The molecule has 2 rings (SSSR count). The Kier molecular flexibility index (Phi) is 4.56. The molecule has 2 atom stereocenters. The number of hydrogen-bond acceptors (Lipinski definition) is 2. The van der Waals surface area contributed by atoms with Crippen LogP contribution in [0, 0.1) is 11.7 Å². The number of benzene rings is 1. The van der Waals surface area contributed by atoms with Gasteiger partial charge >= 0.3 is 5.92 Å². The van der Waals surface area contributed by atoms with Crippen molar-refractivity contribution in [2.45, 2.75) is 25.3 Å². The Hall–Kier alpha value is -1.56. The molecule has 1 aromatic rings. The molecule has 1 amide bonds. The highest BCUT2D eigenvalue weighted by molar-refractivity contribution is 5.85. The van der Waals surface area contributed by atoms with E-state index < -0.39 is 23.2 Å². The van der Waals surface area contributed by atoms with Gasteiger partial charge in [0, 0.05) is 18.2 Å². The molecule has 0 unspecified atom stereocenters. The normalized spacial score (nSPS) is 23.9. The van der Waals surface area contributed by atoms with Gasteiger partial charge in [-0.2, -0.15) is 8.78 Å². The van der Waals surface area contributed by atoms with Crippen molar-refractivity contribution in [3.63, 3.8) is 0 Å². The fourth-order valence-corrected chi connectivity index (χ4v) is 2.62. The van der Waals surface area contributed by atoms with E-state index in [2.05, 4.69) is 10.2 Å². The number of hydrogen-bond donors (Lipinski definition) is 1. The third-order valence-electron chi connectivity index (χ3n) is 3.92. The van der Waals surface area contributed by atoms with Crippen LogP contribution in [0.4, 0.5) is 13.2 Å². The minimum atomic E-state index is -3.66. The van der Waals surface area contributed by atoms with E-state index in [-0.39, 0.29) is 12.0 Å². The van der Waals surface area contributed by atoms with Gasteiger partial charge < -0.3 is 10.2 Å². The number of amides is 1. The summed E-state index contributed by atoms with van der Waals surface area (Å²) in [5.74, 6) is -5.48. The maximum Gasteiger partial charge on any atom is 0.349 e. The molecule has 1 aliphatic rings. The quantitative estimate of drug-likeness (QED) is 0.929. The van der Waals surface area contributed by atoms with Crippen LogP contribution in [0.5, 0.6) is 0 Å². The Labute approximate surface area is 122 Å². The number of halogens is 3. The number of rotatable bonds is 3. The van der Waals surface area contributed by atoms with Crippen LogP contribution in [-0.2, 0) is 10.7 Å². The summed E-state index contributed by atoms with van der Waals surface area (Å²) in [5.41, 5.74) is -0.498. The van der Waals surface area contributed by atoms with E-state index in [0.717, 1.165) is 37.4 Å². The fraction of sp³-hybridized carbons (Fsp3) is 0.533. The van der Waals surface area contributed by atoms with Crippen molar-refractivity contribution in [3.8, 4) is 0 Å². The van der Waals surface area contributed by atoms with Crippen LogP contribution in [-0.4, -0.2) is 37.0 Å². The van der Waals surface area contributed by atoms with Gasteiger partial charge in [-0.1, -0.05) is 6.92 Å². The Morgan fingerprint density at radius 2 is 1.95 bits per heavy atom. The van der Waals surface area contributed by atoms with Gasteiger partial charge in [0.05, 0.1) is 0 Å². The molecule has 0 aromatic heterocycles. The first-order valence-corrected chi connectivity index (χ1v) is 6.94. The summed E-state index contributed by atoms with van der Waals surface area (Å²) in [7, 11) is 1.96. The molecule has 3 nitrogen and oxygen atoms in total. The molecule has 0 radical (unpaired) electrons. The van der Waals surface area contributed by atoms with Crippen LogP contribution >= 0.6 is 0 Å². The Bertz CT molecular complexity index is 504. The smallest absolute Gasteiger partial charge is 0.347 e. The summed E-state index contributed by atoms with van der Waals surface area (Å²) in [6.07, 6.45) is 0.642. The number of piperidine rings is 1. The van der Waals surface area contributed by atoms with E-state index in [0.29, 0.717) is 6.42 Å². The predicted octanol–water partition coefficient (Wildman–Crippen LogP) is 2.37. The van der Waals surface area contributed by atoms with Gasteiger partial charge in [0.15, 0.2) is 0 Å². The van der Waals surface area contributed by atoms with Crippen molar-refractivity contribution in [3.05, 3.63) is 35.6 Å². The van der Waals surface area contributed by atoms with Crippen molar-refractivity contribution in [2.24, 2.45) is 5.92 Å². The predicted molar refractivity (Wildman–Crippen MR) is 73.5 cm³/mol. The minimum Gasteiger partial charge on any atom is -0.347 e. The lowest BCUT2D eigenvalue weighted by atomic mass is 9.93. The zero-order chi connectivity index (χ0) is 15.6. The van der Waals surface area contributed by atoms with E-state index in [9.17, 15) is 18.0 Å². The van der Waals surface area contributed by atoms with Gasteiger partial charge in [-0.25, -0.2) is 4.39 Å². The molecule has 0 saturated carbocycles. The second-order valence-corrected chi connectivity index (χ2v) is 5.69. The third kappa shape index (κ3) is 3.56. The van der Waals surface area contributed by atoms with Crippen molar-refractivity contribution >= 4 is 5.91 Å². The maximum atomic E-state index is 14.1. The molecule has 21 heavy (non-hydrogen) atoms. The molecule has 1 N–H and O–H groups in total. The highest BCUT2D eigenvalue weighted by atomic mass is 19.3. The molecule has 6 heteroatoms. The van der Waals surface area contributed by atoms with Crippen LogP contribution in [0.2, 0.25) is 0 Å². The largest absolute Gasteiger partial charge is 0.349 e. The second kappa shape index (κ2) is 6.05. The van der Waals surface area contributed by atoms with Gasteiger partial charge in [-0.15, -0.1) is 0 Å². The highest BCUT2D eigenvalue weighted by Crippen LogP contribution is 2.29. The molecule has 1 saturated heterocycles. The zero-order valence-corrected chi connectivity index (χ0v) is 12.1. The van der Waals surface area contributed by atoms with E-state index >= 15 is 0 Å². The lowest BCUT2D eigenvalue weighted by Crippen LogP contribution is -2.52. The third-order valence-corrected chi connectivity index (χ3v) is 3.92. The summed E-state index contributed by atoms with van der Waals surface area (Å²) in [4.78, 5) is 14.0. The molecule has 1 heterocycles. The molecule has 1 aromatic carbocycles. The van der Waals surface area contributed by atoms with Crippen molar-refractivity contribution in [1.82, 2.24) is 10.2 Å². The van der Waals surface area contributed by atoms with Crippen LogP contribution in [0.3, 0.4) is 0 Å². The Balaban J connectivity index is 2.06. The molecular weight excluding hydrogens is 281 g/mol. The monoisotopic (exact) mass is 300 g/mol. The summed E-state index contributed by atoms with van der Waals surface area (Å²) in [6.45, 7) is 3.45. The molecular formula is C15H19F3N2O. The Morgan fingerprint density at radius 1 is 1.33 bits per heavy atom. The van der Waals surface area contributed by atoms with Crippen LogP contribution < -0.4 is 5.32 Å². The van der Waals surface area contributed by atoms with Gasteiger partial charge in [-0.3, -0.25) is 4.79 Å². The molecule has 0 spiro atoms. The molecule has 1 fully saturated rings. The summed E-state index contributed by atoms with van der Waals surface area (Å²) in [5, 5.41) is 2.43. The summed E-state index contributed by atoms with van der Waals surface area (Å²) in [6, 6.07) is 3.46. The van der Waals surface area contributed by atoms with Gasteiger partial charge in [0.1, 0.15) is 5.82 Å². The fourth-order valence-electron chi connectivity index (χ4n) is 2.62. The van der Waals surface area contributed by atoms with Crippen molar-refractivity contribution in [1.29, 1.82) is 0 Å². The minimum absolute atomic E-state index is 0.108. The zero-order valence-electron chi connectivity index (χ0n) is 12.1. The lowest BCUT2D eigenvalue weighted by molar-refractivity contribution is -0.148. The van der Waals surface area contributed by atoms with E-state index in [4.69, 9.17) is 0 Å². The maximum absolute atomic E-state index is 14.1. The first-order valence-electron chi connectivity index (χ1n) is 6.94. The number of alkyl halides is 2. The first-order chi connectivity index (χ1) is 9.80. The highest BCUT2D eigenvalue weighted by Gasteiger charge is 2.42. The number of carbonyl (C=O) groups excluding carboxylic acids is 1. The van der Waals surface area contributed by atoms with Crippen molar-refractivity contribution < 1.29 is 18.0 Å². The molecule has 1 aliphatic heterocycles. The molecule has 0 aliphatic carbocycles. The van der Waals surface area contributed by atoms with E-state index in [1.807, 2.05) is 14.0 Å². The molecule has 116 valence electrons. The number of carbonyl (C=O) groups is 1. The SMILES string of the molecule is C[C@H]1CN(C)CC[C@@H]1NC(=O)C(F)(F)c1ccc(F)cc1. The average Bonchev–Trinajstić information content (AvgIpc) is 2.42. The van der Waals surface area contributed by atoms with Gasteiger partial charge in [-0.05, 0) is 50.2 Å². The second-order valence-electron chi connectivity index (χ2n) is 5.69. The van der Waals surface area contributed by atoms with Gasteiger partial charge in [0.25, 0.3) is 5.91 Å². The van der Waals surface area contributed by atoms with E-state index in [1.54, 1.807) is 0 Å². The Morgan fingerprint density at radius 3 is 2.52 bits per heavy atom. The first kappa shape index (κ1) is 15.8. The lowest BCUT2D eigenvalue weighted by Gasteiger charge is -2.35. The standard InChI is InChI=1S/C15H19F3N2O/c1-10-9-20(2)8-7-13(10)19-14(21)15(17,18)11-3-5-12(16)6-4-11/h3-6,10,13H,7-9H2,1-2H3,(H,19,21)/t10-,13-/m0/s1. The molecule has 0 bridgehead atoms. The topological polar surface area (TPSA) is 32.3 Å². The van der Waals surface area contributed by atoms with Crippen LogP contribution in [0.1, 0.15) is 18.9 Å².